The third-order valence-corrected chi connectivity index (χ3v) is 3.07. The van der Waals surface area contributed by atoms with Crippen molar-refractivity contribution in [3.8, 4) is 0 Å². The summed E-state index contributed by atoms with van der Waals surface area (Å²) in [5.74, 6) is 0. The zero-order valence-corrected chi connectivity index (χ0v) is 9.81. The Labute approximate surface area is 96.2 Å². The molecule has 16 heavy (non-hydrogen) atoms. The summed E-state index contributed by atoms with van der Waals surface area (Å²) in [4.78, 5) is 0. The van der Waals surface area contributed by atoms with Gasteiger partial charge in [0.25, 0.3) is 0 Å². The van der Waals surface area contributed by atoms with Crippen LogP contribution in [0.1, 0.15) is 37.4 Å². The Balaban J connectivity index is 2.24. The second-order valence-corrected chi connectivity index (χ2v) is 4.79. The lowest BCUT2D eigenvalue weighted by Gasteiger charge is -2.25. The van der Waals surface area contributed by atoms with E-state index in [0.29, 0.717) is 13.0 Å². The Kier molecular flexibility index (Phi) is 3.02. The number of benzene rings is 1. The maximum atomic E-state index is 10.6. The molecule has 0 fully saturated rings. The maximum Gasteiger partial charge on any atom is 0.115 e. The summed E-state index contributed by atoms with van der Waals surface area (Å²) in [6, 6.07) is 7.71. The normalized spacial score (nSPS) is 28.4. The molecule has 2 rings (SSSR count). The summed E-state index contributed by atoms with van der Waals surface area (Å²) in [7, 11) is 0. The molecule has 0 aromatic heterocycles. The minimum atomic E-state index is -0.916. The summed E-state index contributed by atoms with van der Waals surface area (Å²) in [5.41, 5.74) is 7.06. The predicted molar refractivity (Wildman–Crippen MR) is 63.0 cm³/mol. The van der Waals surface area contributed by atoms with Crippen LogP contribution in [-0.2, 0) is 10.3 Å². The Morgan fingerprint density at radius 1 is 1.50 bits per heavy atom. The molecule has 0 spiro atoms. The van der Waals surface area contributed by atoms with Crippen molar-refractivity contribution in [2.75, 3.05) is 6.61 Å². The van der Waals surface area contributed by atoms with Gasteiger partial charge in [0.1, 0.15) is 5.60 Å². The van der Waals surface area contributed by atoms with Gasteiger partial charge in [0, 0.05) is 12.5 Å². The highest BCUT2D eigenvalue weighted by atomic mass is 16.5. The van der Waals surface area contributed by atoms with Gasteiger partial charge in [-0.1, -0.05) is 24.3 Å². The van der Waals surface area contributed by atoms with Gasteiger partial charge in [0.15, 0.2) is 0 Å². The van der Waals surface area contributed by atoms with Crippen molar-refractivity contribution in [3.05, 3.63) is 35.4 Å². The molecule has 3 nitrogen and oxygen atoms in total. The van der Waals surface area contributed by atoms with Gasteiger partial charge in [-0.05, 0) is 25.0 Å². The van der Waals surface area contributed by atoms with Crippen LogP contribution in [0.3, 0.4) is 0 Å². The van der Waals surface area contributed by atoms with Crippen molar-refractivity contribution in [2.24, 2.45) is 5.73 Å². The molecule has 0 saturated carbocycles. The molecule has 2 atom stereocenters. The fourth-order valence-electron chi connectivity index (χ4n) is 2.27. The predicted octanol–water partition coefficient (Wildman–Crippen LogP) is 1.70. The van der Waals surface area contributed by atoms with Crippen LogP contribution < -0.4 is 5.73 Å². The molecule has 1 aromatic rings. The molecule has 0 amide bonds. The van der Waals surface area contributed by atoms with Crippen LogP contribution in [0.15, 0.2) is 24.3 Å². The van der Waals surface area contributed by atoms with Crippen LogP contribution in [0.5, 0.6) is 0 Å². The molecular weight excluding hydrogens is 202 g/mol. The largest absolute Gasteiger partial charge is 0.383 e. The summed E-state index contributed by atoms with van der Waals surface area (Å²) >= 11 is 0. The molecule has 1 aliphatic carbocycles. The van der Waals surface area contributed by atoms with Crippen LogP contribution >= 0.6 is 0 Å². The molecule has 0 radical (unpaired) electrons. The van der Waals surface area contributed by atoms with E-state index in [-0.39, 0.29) is 12.1 Å². The first-order chi connectivity index (χ1) is 7.53. The summed E-state index contributed by atoms with van der Waals surface area (Å²) in [5, 5.41) is 10.6. The standard InChI is InChI=1S/C13H19NO2/c1-9(2)16-8-13(15)7-12(14)10-5-3-4-6-11(10)13/h3-6,9,12,15H,7-8,14H2,1-2H3. The van der Waals surface area contributed by atoms with E-state index in [4.69, 9.17) is 10.5 Å². The topological polar surface area (TPSA) is 55.5 Å². The quantitative estimate of drug-likeness (QED) is 0.817. The highest BCUT2D eigenvalue weighted by molar-refractivity contribution is 5.39. The summed E-state index contributed by atoms with van der Waals surface area (Å²) < 4.78 is 5.53. The first-order valence-corrected chi connectivity index (χ1v) is 5.72. The molecule has 3 heteroatoms. The second-order valence-electron chi connectivity index (χ2n) is 4.79. The lowest BCUT2D eigenvalue weighted by molar-refractivity contribution is -0.0700. The van der Waals surface area contributed by atoms with Gasteiger partial charge < -0.3 is 15.6 Å². The zero-order valence-electron chi connectivity index (χ0n) is 9.81. The fourth-order valence-corrected chi connectivity index (χ4v) is 2.27. The Morgan fingerprint density at radius 2 is 2.19 bits per heavy atom. The van der Waals surface area contributed by atoms with E-state index in [2.05, 4.69) is 0 Å². The second kappa shape index (κ2) is 4.17. The molecule has 88 valence electrons. The summed E-state index contributed by atoms with van der Waals surface area (Å²) in [6.07, 6.45) is 0.659. The summed E-state index contributed by atoms with van der Waals surface area (Å²) in [6.45, 7) is 4.24. The van der Waals surface area contributed by atoms with Crippen molar-refractivity contribution in [1.29, 1.82) is 0 Å². The molecule has 0 bridgehead atoms. The van der Waals surface area contributed by atoms with Crippen molar-refractivity contribution in [3.63, 3.8) is 0 Å². The van der Waals surface area contributed by atoms with Crippen LogP contribution in [0.25, 0.3) is 0 Å². The van der Waals surface area contributed by atoms with Gasteiger partial charge in [-0.3, -0.25) is 0 Å². The Morgan fingerprint density at radius 3 is 2.88 bits per heavy atom. The van der Waals surface area contributed by atoms with Crippen molar-refractivity contribution in [1.82, 2.24) is 0 Å². The molecule has 2 unspecified atom stereocenters. The van der Waals surface area contributed by atoms with Gasteiger partial charge in [-0.15, -0.1) is 0 Å². The highest BCUT2D eigenvalue weighted by Crippen LogP contribution is 2.42. The molecule has 0 heterocycles. The molecular formula is C13H19NO2. The molecule has 0 aliphatic heterocycles. The van der Waals surface area contributed by atoms with Gasteiger partial charge in [0.2, 0.25) is 0 Å². The Bertz CT molecular complexity index is 378. The van der Waals surface area contributed by atoms with Gasteiger partial charge in [0.05, 0.1) is 12.7 Å². The Hall–Kier alpha value is -0.900. The van der Waals surface area contributed by atoms with E-state index < -0.39 is 5.60 Å². The first kappa shape index (κ1) is 11.6. The van der Waals surface area contributed by atoms with Crippen LogP contribution in [-0.4, -0.2) is 17.8 Å². The van der Waals surface area contributed by atoms with E-state index in [9.17, 15) is 5.11 Å². The number of hydrogen-bond acceptors (Lipinski definition) is 3. The highest BCUT2D eigenvalue weighted by Gasteiger charge is 2.41. The smallest absolute Gasteiger partial charge is 0.115 e. The average Bonchev–Trinajstić information content (AvgIpc) is 2.51. The first-order valence-electron chi connectivity index (χ1n) is 5.72. The van der Waals surface area contributed by atoms with E-state index in [0.717, 1.165) is 11.1 Å². The van der Waals surface area contributed by atoms with Crippen LogP contribution in [0.2, 0.25) is 0 Å². The fraction of sp³-hybridized carbons (Fsp3) is 0.538. The van der Waals surface area contributed by atoms with Gasteiger partial charge >= 0.3 is 0 Å². The molecule has 0 saturated heterocycles. The zero-order chi connectivity index (χ0) is 11.8. The maximum absolute atomic E-state index is 10.6. The number of hydrogen-bond donors (Lipinski definition) is 2. The molecule has 3 N–H and O–H groups in total. The monoisotopic (exact) mass is 221 g/mol. The lowest BCUT2D eigenvalue weighted by Crippen LogP contribution is -2.31. The van der Waals surface area contributed by atoms with E-state index in [1.54, 1.807) is 0 Å². The molecule has 1 aromatic carbocycles. The number of nitrogens with two attached hydrogens (primary N) is 1. The number of rotatable bonds is 3. The molecule has 1 aliphatic rings. The van der Waals surface area contributed by atoms with Gasteiger partial charge in [-0.2, -0.15) is 0 Å². The third-order valence-electron chi connectivity index (χ3n) is 3.07. The van der Waals surface area contributed by atoms with Crippen LogP contribution in [0.4, 0.5) is 0 Å². The van der Waals surface area contributed by atoms with E-state index >= 15 is 0 Å². The minimum absolute atomic E-state index is 0.0861. The number of fused-ring (bicyclic) bond motifs is 1. The van der Waals surface area contributed by atoms with Crippen molar-refractivity contribution < 1.29 is 9.84 Å². The van der Waals surface area contributed by atoms with E-state index in [1.165, 1.54) is 0 Å². The van der Waals surface area contributed by atoms with E-state index in [1.807, 2.05) is 38.1 Å². The SMILES string of the molecule is CC(C)OCC1(O)CC(N)c2ccccc21. The minimum Gasteiger partial charge on any atom is -0.383 e. The average molecular weight is 221 g/mol. The van der Waals surface area contributed by atoms with Crippen molar-refractivity contribution in [2.45, 2.75) is 38.0 Å². The number of ether oxygens (including phenoxy) is 1. The van der Waals surface area contributed by atoms with Gasteiger partial charge in [-0.25, -0.2) is 0 Å². The number of aliphatic hydroxyl groups is 1. The lowest BCUT2D eigenvalue weighted by atomic mass is 9.97. The van der Waals surface area contributed by atoms with Crippen LogP contribution in [0, 0.1) is 0 Å². The van der Waals surface area contributed by atoms with Crippen molar-refractivity contribution >= 4 is 0 Å². The third kappa shape index (κ3) is 1.98.